The zero-order valence-electron chi connectivity index (χ0n) is 14.5. The van der Waals surface area contributed by atoms with Gasteiger partial charge in [-0.1, -0.05) is 68.5 Å². The van der Waals surface area contributed by atoms with Gasteiger partial charge in [0.2, 0.25) is 0 Å². The molecule has 2 aromatic carbocycles. The summed E-state index contributed by atoms with van der Waals surface area (Å²) in [4.78, 5) is 12.1. The van der Waals surface area contributed by atoms with Crippen LogP contribution in [0.4, 0.5) is 0 Å². The van der Waals surface area contributed by atoms with Gasteiger partial charge in [-0.15, -0.1) is 0 Å². The van der Waals surface area contributed by atoms with Gasteiger partial charge in [0.25, 0.3) is 0 Å². The van der Waals surface area contributed by atoms with Crippen molar-refractivity contribution in [1.82, 2.24) is 0 Å². The lowest BCUT2D eigenvalue weighted by atomic mass is 9.99. The molecule has 0 N–H and O–H groups in total. The molecule has 0 aliphatic rings. The Morgan fingerprint density at radius 1 is 1.16 bits per heavy atom. The molecule has 2 rings (SSSR count). The first-order valence-electron chi connectivity index (χ1n) is 8.29. The number of hydrogen-bond acceptors (Lipinski definition) is 3. The first-order valence-corrected chi connectivity index (χ1v) is 8.29. The molecular weight excluding hydrogens is 310 g/mol. The molecule has 0 radical (unpaired) electrons. The highest BCUT2D eigenvalue weighted by Gasteiger charge is 2.11. The molecule has 3 heteroatoms. The van der Waals surface area contributed by atoms with Gasteiger partial charge in [-0.25, -0.2) is 4.79 Å². The second kappa shape index (κ2) is 9.24. The third-order valence-electron chi connectivity index (χ3n) is 3.96. The maximum absolute atomic E-state index is 12.1. The average Bonchev–Trinajstić information content (AvgIpc) is 2.66. The van der Waals surface area contributed by atoms with Crippen molar-refractivity contribution in [1.29, 1.82) is 5.26 Å². The summed E-state index contributed by atoms with van der Waals surface area (Å²) in [5.74, 6) is 0.240. The zero-order valence-corrected chi connectivity index (χ0v) is 14.5. The zero-order chi connectivity index (χ0) is 18.1. The van der Waals surface area contributed by atoms with Crippen LogP contribution in [-0.2, 0) is 4.79 Å². The van der Waals surface area contributed by atoms with E-state index in [0.29, 0.717) is 11.7 Å². The summed E-state index contributed by atoms with van der Waals surface area (Å²) >= 11 is 0. The molecule has 0 amide bonds. The summed E-state index contributed by atoms with van der Waals surface area (Å²) in [6.45, 7) is 4.28. The Hall–Kier alpha value is -3.12. The van der Waals surface area contributed by atoms with Crippen LogP contribution < -0.4 is 4.74 Å². The number of nitriles is 1. The Morgan fingerprint density at radius 2 is 1.84 bits per heavy atom. The summed E-state index contributed by atoms with van der Waals surface area (Å²) in [6, 6.07) is 18.9. The maximum atomic E-state index is 12.1. The van der Waals surface area contributed by atoms with Gasteiger partial charge in [0.15, 0.2) is 0 Å². The molecule has 1 atom stereocenters. The smallest absolute Gasteiger partial charge is 0.354 e. The summed E-state index contributed by atoms with van der Waals surface area (Å²) < 4.78 is 5.27. The SMILES string of the molecule is CCC(C)c1ccc(OC(=O)/C(C#N)=C/C=C/c2ccccc2)cc1. The molecule has 0 spiro atoms. The molecule has 0 bridgehead atoms. The van der Waals surface area contributed by atoms with Crippen molar-refractivity contribution in [2.24, 2.45) is 0 Å². The molecule has 0 aliphatic carbocycles. The van der Waals surface area contributed by atoms with Crippen LogP contribution in [0, 0.1) is 11.3 Å². The molecule has 0 fully saturated rings. The third-order valence-corrected chi connectivity index (χ3v) is 3.96. The van der Waals surface area contributed by atoms with E-state index in [-0.39, 0.29) is 5.57 Å². The summed E-state index contributed by atoms with van der Waals surface area (Å²) in [6.07, 6.45) is 6.00. The minimum atomic E-state index is -0.656. The summed E-state index contributed by atoms with van der Waals surface area (Å²) in [5.41, 5.74) is 2.15. The third kappa shape index (κ3) is 5.47. The fourth-order valence-corrected chi connectivity index (χ4v) is 2.23. The fraction of sp³-hybridized carbons (Fsp3) is 0.182. The quantitative estimate of drug-likeness (QED) is 0.238. The number of nitrogens with zero attached hydrogens (tertiary/aromatic N) is 1. The van der Waals surface area contributed by atoms with E-state index < -0.39 is 5.97 Å². The van der Waals surface area contributed by atoms with Crippen molar-refractivity contribution in [3.05, 3.63) is 83.4 Å². The van der Waals surface area contributed by atoms with E-state index in [0.717, 1.165) is 12.0 Å². The number of esters is 1. The molecule has 1 unspecified atom stereocenters. The minimum absolute atomic E-state index is 0.0433. The highest BCUT2D eigenvalue weighted by Crippen LogP contribution is 2.22. The number of benzene rings is 2. The first-order chi connectivity index (χ1) is 12.1. The van der Waals surface area contributed by atoms with E-state index in [1.807, 2.05) is 54.6 Å². The fourth-order valence-electron chi connectivity index (χ4n) is 2.23. The average molecular weight is 331 g/mol. The standard InChI is InChI=1S/C22H21NO2/c1-3-17(2)19-12-14-21(15-13-19)25-22(24)20(16-23)11-7-10-18-8-5-4-6-9-18/h4-15,17H,3H2,1-2H3/b10-7+,20-11+. The van der Waals surface area contributed by atoms with Gasteiger partial charge in [-0.05, 0) is 41.7 Å². The van der Waals surface area contributed by atoms with Crippen molar-refractivity contribution < 1.29 is 9.53 Å². The molecule has 2 aromatic rings. The number of ether oxygens (including phenoxy) is 1. The molecule has 0 aromatic heterocycles. The molecule has 126 valence electrons. The lowest BCUT2D eigenvalue weighted by molar-refractivity contribution is -0.129. The van der Waals surface area contributed by atoms with Gasteiger partial charge < -0.3 is 4.74 Å². The van der Waals surface area contributed by atoms with Gasteiger partial charge >= 0.3 is 5.97 Å². The topological polar surface area (TPSA) is 50.1 Å². The predicted molar refractivity (Wildman–Crippen MR) is 100.0 cm³/mol. The van der Waals surface area contributed by atoms with Crippen LogP contribution in [0.15, 0.2) is 72.3 Å². The van der Waals surface area contributed by atoms with Gasteiger partial charge in [-0.3, -0.25) is 0 Å². The van der Waals surface area contributed by atoms with Gasteiger partial charge in [0.1, 0.15) is 17.4 Å². The first kappa shape index (κ1) is 18.2. The lowest BCUT2D eigenvalue weighted by Crippen LogP contribution is -2.10. The second-order valence-electron chi connectivity index (χ2n) is 5.73. The highest BCUT2D eigenvalue weighted by molar-refractivity contribution is 5.94. The molecular formula is C22H21NO2. The van der Waals surface area contributed by atoms with E-state index in [2.05, 4.69) is 13.8 Å². The van der Waals surface area contributed by atoms with Crippen LogP contribution >= 0.6 is 0 Å². The van der Waals surface area contributed by atoms with E-state index in [4.69, 9.17) is 10.00 Å². The van der Waals surface area contributed by atoms with E-state index >= 15 is 0 Å². The molecule has 25 heavy (non-hydrogen) atoms. The predicted octanol–water partition coefficient (Wildman–Crippen LogP) is 5.27. The van der Waals surface area contributed by atoms with Crippen molar-refractivity contribution in [3.63, 3.8) is 0 Å². The normalized spacial score (nSPS) is 12.6. The Morgan fingerprint density at radius 3 is 2.44 bits per heavy atom. The number of carbonyl (C=O) groups excluding carboxylic acids is 1. The summed E-state index contributed by atoms with van der Waals surface area (Å²) in [7, 11) is 0. The minimum Gasteiger partial charge on any atom is -0.422 e. The van der Waals surface area contributed by atoms with Crippen molar-refractivity contribution in [2.45, 2.75) is 26.2 Å². The maximum Gasteiger partial charge on any atom is 0.354 e. The van der Waals surface area contributed by atoms with Crippen molar-refractivity contribution >= 4 is 12.0 Å². The molecule has 0 heterocycles. The van der Waals surface area contributed by atoms with E-state index in [1.54, 1.807) is 18.2 Å². The monoisotopic (exact) mass is 331 g/mol. The van der Waals surface area contributed by atoms with Crippen LogP contribution in [0.5, 0.6) is 5.75 Å². The lowest BCUT2D eigenvalue weighted by Gasteiger charge is -2.09. The Balaban J connectivity index is 2.03. The van der Waals surface area contributed by atoms with Crippen molar-refractivity contribution in [3.8, 4) is 11.8 Å². The Bertz CT molecular complexity index is 796. The second-order valence-corrected chi connectivity index (χ2v) is 5.73. The van der Waals surface area contributed by atoms with Crippen LogP contribution in [-0.4, -0.2) is 5.97 Å². The Labute approximate surface area is 148 Å². The number of allylic oxidation sites excluding steroid dienone is 2. The van der Waals surface area contributed by atoms with E-state index in [9.17, 15) is 4.79 Å². The van der Waals surface area contributed by atoms with Crippen LogP contribution in [0.1, 0.15) is 37.3 Å². The largest absolute Gasteiger partial charge is 0.422 e. The van der Waals surface area contributed by atoms with Gasteiger partial charge in [-0.2, -0.15) is 5.26 Å². The van der Waals surface area contributed by atoms with E-state index in [1.165, 1.54) is 11.6 Å². The number of hydrogen-bond donors (Lipinski definition) is 0. The Kier molecular flexibility index (Phi) is 6.74. The molecule has 0 saturated carbocycles. The highest BCUT2D eigenvalue weighted by atomic mass is 16.5. The number of carbonyl (C=O) groups is 1. The summed E-state index contributed by atoms with van der Waals surface area (Å²) in [5, 5.41) is 9.17. The van der Waals surface area contributed by atoms with Gasteiger partial charge in [0.05, 0.1) is 0 Å². The van der Waals surface area contributed by atoms with Crippen LogP contribution in [0.2, 0.25) is 0 Å². The van der Waals surface area contributed by atoms with Crippen LogP contribution in [0.3, 0.4) is 0 Å². The molecule has 3 nitrogen and oxygen atoms in total. The van der Waals surface area contributed by atoms with Gasteiger partial charge in [0, 0.05) is 0 Å². The van der Waals surface area contributed by atoms with Crippen LogP contribution in [0.25, 0.3) is 6.08 Å². The molecule has 0 saturated heterocycles. The molecule has 0 aliphatic heterocycles. The number of rotatable bonds is 6. The van der Waals surface area contributed by atoms with Crippen molar-refractivity contribution in [2.75, 3.05) is 0 Å².